The van der Waals surface area contributed by atoms with Crippen LogP contribution in [0.2, 0.25) is 0 Å². The predicted octanol–water partition coefficient (Wildman–Crippen LogP) is -0.191. The van der Waals surface area contributed by atoms with E-state index in [1.165, 1.54) is 25.3 Å². The highest BCUT2D eigenvalue weighted by Gasteiger charge is 2.31. The van der Waals surface area contributed by atoms with Crippen LogP contribution in [0.25, 0.3) is 0 Å². The molecule has 1 atom stereocenters. The normalized spacial score (nSPS) is 14.7. The predicted molar refractivity (Wildman–Crippen MR) is 66.4 cm³/mol. The first-order valence-corrected chi connectivity index (χ1v) is 6.77. The Bertz CT molecular complexity index is 566. The van der Waals surface area contributed by atoms with Gasteiger partial charge in [-0.2, -0.15) is 0 Å². The zero-order valence-corrected chi connectivity index (χ0v) is 11.3. The molecule has 19 heavy (non-hydrogen) atoms. The molecule has 0 heterocycles. The van der Waals surface area contributed by atoms with E-state index >= 15 is 0 Å². The topological polar surface area (TPSA) is 113 Å². The molecule has 0 amide bonds. The van der Waals surface area contributed by atoms with Crippen molar-refractivity contribution in [3.8, 4) is 5.75 Å². The molecule has 0 saturated heterocycles. The third-order valence-corrected chi connectivity index (χ3v) is 3.82. The average Bonchev–Trinajstić information content (AvgIpc) is 2.36. The van der Waals surface area contributed by atoms with Crippen LogP contribution in [-0.2, 0) is 14.8 Å². The highest BCUT2D eigenvalue weighted by Crippen LogP contribution is 2.17. The van der Waals surface area contributed by atoms with Crippen LogP contribution in [-0.4, -0.2) is 43.9 Å². The number of carbonyl (C=O) groups is 1. The maximum Gasteiger partial charge on any atom is 0.336 e. The monoisotopic (exact) mass is 289 g/mol. The van der Waals surface area contributed by atoms with Gasteiger partial charge in [0.05, 0.1) is 18.6 Å². The van der Waals surface area contributed by atoms with Crippen LogP contribution in [0.1, 0.15) is 6.92 Å². The second kappa shape index (κ2) is 5.55. The van der Waals surface area contributed by atoms with Gasteiger partial charge in [0.15, 0.2) is 5.60 Å². The maximum absolute atomic E-state index is 11.9. The van der Waals surface area contributed by atoms with Gasteiger partial charge in [0, 0.05) is 6.07 Å². The number of aliphatic carboxylic acids is 1. The van der Waals surface area contributed by atoms with Gasteiger partial charge >= 0.3 is 5.97 Å². The lowest BCUT2D eigenvalue weighted by atomic mass is 10.1. The number of benzene rings is 1. The first-order chi connectivity index (χ1) is 8.69. The van der Waals surface area contributed by atoms with Crippen molar-refractivity contribution in [1.82, 2.24) is 4.72 Å². The first kappa shape index (κ1) is 15.4. The lowest BCUT2D eigenvalue weighted by molar-refractivity contribution is -0.155. The van der Waals surface area contributed by atoms with E-state index in [1.54, 1.807) is 6.07 Å². The van der Waals surface area contributed by atoms with E-state index < -0.39 is 28.1 Å². The van der Waals surface area contributed by atoms with E-state index in [1.807, 2.05) is 4.72 Å². The van der Waals surface area contributed by atoms with Crippen molar-refractivity contribution in [1.29, 1.82) is 0 Å². The van der Waals surface area contributed by atoms with Crippen LogP contribution >= 0.6 is 0 Å². The van der Waals surface area contributed by atoms with Crippen LogP contribution in [0.15, 0.2) is 29.2 Å². The molecule has 0 radical (unpaired) electrons. The fourth-order valence-corrected chi connectivity index (χ4v) is 2.33. The Hall–Kier alpha value is -1.64. The number of hydrogen-bond acceptors (Lipinski definition) is 5. The summed E-state index contributed by atoms with van der Waals surface area (Å²) in [6.45, 7) is 0.366. The van der Waals surface area contributed by atoms with Crippen molar-refractivity contribution >= 4 is 16.0 Å². The summed E-state index contributed by atoms with van der Waals surface area (Å²) in [5.74, 6) is -1.16. The van der Waals surface area contributed by atoms with Crippen LogP contribution < -0.4 is 9.46 Å². The van der Waals surface area contributed by atoms with E-state index in [2.05, 4.69) is 0 Å². The number of carboxylic acid groups (broad SMARTS) is 1. The molecule has 0 aliphatic heterocycles. The lowest BCUT2D eigenvalue weighted by Crippen LogP contribution is -2.46. The van der Waals surface area contributed by atoms with Crippen LogP contribution in [0.3, 0.4) is 0 Å². The molecule has 3 N–H and O–H groups in total. The third-order valence-electron chi connectivity index (χ3n) is 2.42. The molecule has 106 valence electrons. The molecule has 8 heteroatoms. The zero-order valence-electron chi connectivity index (χ0n) is 10.5. The van der Waals surface area contributed by atoms with Crippen LogP contribution in [0, 0.1) is 0 Å². The minimum Gasteiger partial charge on any atom is -0.497 e. The number of hydrogen-bond donors (Lipinski definition) is 3. The van der Waals surface area contributed by atoms with E-state index in [-0.39, 0.29) is 4.90 Å². The SMILES string of the molecule is COc1cccc(S(=O)(=O)NCC(C)(O)C(=O)O)c1. The van der Waals surface area contributed by atoms with Gasteiger partial charge < -0.3 is 14.9 Å². The lowest BCUT2D eigenvalue weighted by Gasteiger charge is -2.18. The second-order valence-corrected chi connectivity index (χ2v) is 5.85. The van der Waals surface area contributed by atoms with E-state index in [0.29, 0.717) is 5.75 Å². The number of carboxylic acids is 1. The van der Waals surface area contributed by atoms with E-state index in [4.69, 9.17) is 9.84 Å². The van der Waals surface area contributed by atoms with Gasteiger partial charge in [-0.25, -0.2) is 17.9 Å². The van der Waals surface area contributed by atoms with Crippen molar-refractivity contribution in [3.05, 3.63) is 24.3 Å². The molecular formula is C11H15NO6S. The van der Waals surface area contributed by atoms with E-state index in [0.717, 1.165) is 6.92 Å². The zero-order chi connectivity index (χ0) is 14.7. The molecule has 0 aliphatic rings. The van der Waals surface area contributed by atoms with Gasteiger partial charge in [-0.1, -0.05) is 6.07 Å². The maximum atomic E-state index is 11.9. The molecule has 0 spiro atoms. The van der Waals surface area contributed by atoms with Crippen molar-refractivity contribution in [3.63, 3.8) is 0 Å². The third kappa shape index (κ3) is 3.91. The number of ether oxygens (including phenoxy) is 1. The number of rotatable bonds is 6. The van der Waals surface area contributed by atoms with E-state index in [9.17, 15) is 18.3 Å². The standard InChI is InChI=1S/C11H15NO6S/c1-11(15,10(13)14)7-12-19(16,17)9-5-3-4-8(6-9)18-2/h3-6,12,15H,7H2,1-2H3,(H,13,14). The molecule has 0 aromatic heterocycles. The Kier molecular flexibility index (Phi) is 4.51. The average molecular weight is 289 g/mol. The Morgan fingerprint density at radius 2 is 2.11 bits per heavy atom. The number of sulfonamides is 1. The molecule has 0 saturated carbocycles. The quantitative estimate of drug-likeness (QED) is 0.669. The summed E-state index contributed by atoms with van der Waals surface area (Å²) in [6.07, 6.45) is 0. The molecule has 1 rings (SSSR count). The molecule has 1 aromatic carbocycles. The summed E-state index contributed by atoms with van der Waals surface area (Å²) in [5, 5.41) is 18.1. The summed E-state index contributed by atoms with van der Waals surface area (Å²) < 4.78 is 30.7. The smallest absolute Gasteiger partial charge is 0.336 e. The van der Waals surface area contributed by atoms with Crippen molar-refractivity contribution < 1.29 is 28.2 Å². The molecule has 0 aliphatic carbocycles. The van der Waals surface area contributed by atoms with Crippen molar-refractivity contribution in [2.45, 2.75) is 17.4 Å². The summed E-state index contributed by atoms with van der Waals surface area (Å²) in [4.78, 5) is 10.6. The Labute approximate surface area is 110 Å². The van der Waals surface area contributed by atoms with Crippen LogP contribution in [0.4, 0.5) is 0 Å². The Morgan fingerprint density at radius 3 is 2.63 bits per heavy atom. The van der Waals surface area contributed by atoms with Gasteiger partial charge in [-0.05, 0) is 19.1 Å². The summed E-state index contributed by atoms with van der Waals surface area (Å²) in [5.41, 5.74) is -2.17. The highest BCUT2D eigenvalue weighted by atomic mass is 32.2. The Morgan fingerprint density at radius 1 is 1.47 bits per heavy atom. The summed E-state index contributed by atoms with van der Waals surface area (Å²) in [6, 6.07) is 5.69. The van der Waals surface area contributed by atoms with Crippen molar-refractivity contribution in [2.24, 2.45) is 0 Å². The van der Waals surface area contributed by atoms with Gasteiger partial charge in [0.1, 0.15) is 5.75 Å². The minimum atomic E-state index is -3.91. The summed E-state index contributed by atoms with van der Waals surface area (Å²) in [7, 11) is -2.52. The molecular weight excluding hydrogens is 274 g/mol. The van der Waals surface area contributed by atoms with Crippen molar-refractivity contribution in [2.75, 3.05) is 13.7 Å². The first-order valence-electron chi connectivity index (χ1n) is 5.28. The Balaban J connectivity index is 2.90. The van der Waals surface area contributed by atoms with Crippen LogP contribution in [0.5, 0.6) is 5.75 Å². The van der Waals surface area contributed by atoms with Gasteiger partial charge in [-0.15, -0.1) is 0 Å². The molecule has 0 bridgehead atoms. The molecule has 0 fully saturated rings. The fourth-order valence-electron chi connectivity index (χ4n) is 1.16. The largest absolute Gasteiger partial charge is 0.497 e. The van der Waals surface area contributed by atoms with Gasteiger partial charge in [0.25, 0.3) is 0 Å². The number of methoxy groups -OCH3 is 1. The fraction of sp³-hybridized carbons (Fsp3) is 0.364. The van der Waals surface area contributed by atoms with Gasteiger partial charge in [0.2, 0.25) is 10.0 Å². The molecule has 1 aromatic rings. The second-order valence-electron chi connectivity index (χ2n) is 4.08. The molecule has 7 nitrogen and oxygen atoms in total. The molecule has 1 unspecified atom stereocenters. The van der Waals surface area contributed by atoms with Gasteiger partial charge in [-0.3, -0.25) is 0 Å². The highest BCUT2D eigenvalue weighted by molar-refractivity contribution is 7.89. The summed E-state index contributed by atoms with van der Waals surface area (Å²) >= 11 is 0. The number of aliphatic hydroxyl groups is 1. The minimum absolute atomic E-state index is 0.0759. The number of nitrogens with one attached hydrogen (secondary N) is 1.